The van der Waals surface area contributed by atoms with Gasteiger partial charge in [-0.05, 0) is 37.3 Å². The molecule has 0 saturated heterocycles. The van der Waals surface area contributed by atoms with Crippen molar-refractivity contribution in [3.8, 4) is 11.5 Å². The van der Waals surface area contributed by atoms with Crippen LogP contribution in [0.25, 0.3) is 22.2 Å². The molecule has 0 spiro atoms. The molecule has 1 saturated carbocycles. The first-order valence-corrected chi connectivity index (χ1v) is 10.8. The first-order chi connectivity index (χ1) is 15.9. The second kappa shape index (κ2) is 7.96. The van der Waals surface area contributed by atoms with Gasteiger partial charge in [0, 0.05) is 31.2 Å². The van der Waals surface area contributed by atoms with Gasteiger partial charge in [0.2, 0.25) is 5.89 Å². The third-order valence-electron chi connectivity index (χ3n) is 6.18. The molecule has 1 aliphatic carbocycles. The van der Waals surface area contributed by atoms with Crippen molar-refractivity contribution < 1.29 is 9.52 Å². The van der Waals surface area contributed by atoms with E-state index in [1.54, 1.807) is 6.92 Å². The Morgan fingerprint density at radius 2 is 2.12 bits per heavy atom. The SMILES string of the molecule is Cc1nnc(-c2c(N)ncnc2N[C@@H](C)c2cc3cccc(C)c3c(=O)n2C2CC2CO)o1. The van der Waals surface area contributed by atoms with E-state index < -0.39 is 0 Å². The maximum Gasteiger partial charge on any atom is 0.259 e. The summed E-state index contributed by atoms with van der Waals surface area (Å²) >= 11 is 0. The number of aromatic nitrogens is 5. The van der Waals surface area contributed by atoms with Crippen LogP contribution in [-0.2, 0) is 0 Å². The van der Waals surface area contributed by atoms with Crippen LogP contribution in [-0.4, -0.2) is 36.4 Å². The Hall–Kier alpha value is -3.79. The van der Waals surface area contributed by atoms with Gasteiger partial charge < -0.3 is 25.1 Å². The van der Waals surface area contributed by atoms with Crippen LogP contribution >= 0.6 is 0 Å². The van der Waals surface area contributed by atoms with E-state index in [1.807, 2.05) is 42.7 Å². The fourth-order valence-corrected chi connectivity index (χ4v) is 4.39. The summed E-state index contributed by atoms with van der Waals surface area (Å²) in [6.07, 6.45) is 2.12. The number of nitrogens with zero attached hydrogens (tertiary/aromatic N) is 5. The molecule has 1 fully saturated rings. The molecule has 1 aromatic carbocycles. The van der Waals surface area contributed by atoms with E-state index in [1.165, 1.54) is 6.33 Å². The van der Waals surface area contributed by atoms with Gasteiger partial charge in [0.1, 0.15) is 23.5 Å². The Balaban J connectivity index is 1.62. The molecule has 170 valence electrons. The minimum Gasteiger partial charge on any atom is -0.421 e. The lowest BCUT2D eigenvalue weighted by Crippen LogP contribution is -2.27. The molecule has 0 bridgehead atoms. The lowest BCUT2D eigenvalue weighted by atomic mass is 10.0. The Morgan fingerprint density at radius 1 is 1.30 bits per heavy atom. The topological polar surface area (TPSA) is 145 Å². The van der Waals surface area contributed by atoms with E-state index in [2.05, 4.69) is 25.5 Å². The van der Waals surface area contributed by atoms with Crippen molar-refractivity contribution in [3.05, 3.63) is 58.1 Å². The lowest BCUT2D eigenvalue weighted by molar-refractivity contribution is 0.268. The van der Waals surface area contributed by atoms with Crippen LogP contribution in [0.4, 0.5) is 11.6 Å². The Labute approximate surface area is 189 Å². The number of pyridine rings is 1. The molecule has 5 rings (SSSR count). The molecule has 4 aromatic rings. The molecule has 0 aliphatic heterocycles. The van der Waals surface area contributed by atoms with Gasteiger partial charge in [-0.2, -0.15) is 0 Å². The van der Waals surface area contributed by atoms with Gasteiger partial charge in [-0.1, -0.05) is 18.2 Å². The van der Waals surface area contributed by atoms with E-state index >= 15 is 0 Å². The molecule has 10 nitrogen and oxygen atoms in total. The number of aliphatic hydroxyl groups is 1. The van der Waals surface area contributed by atoms with Crippen LogP contribution in [0.3, 0.4) is 0 Å². The summed E-state index contributed by atoms with van der Waals surface area (Å²) in [5.41, 5.74) is 8.20. The summed E-state index contributed by atoms with van der Waals surface area (Å²) in [6, 6.07) is 7.48. The normalized spacial score (nSPS) is 18.4. The molecule has 4 N–H and O–H groups in total. The fraction of sp³-hybridized carbons (Fsp3) is 0.348. The van der Waals surface area contributed by atoms with Gasteiger partial charge in [-0.3, -0.25) is 4.79 Å². The summed E-state index contributed by atoms with van der Waals surface area (Å²) in [4.78, 5) is 22.0. The summed E-state index contributed by atoms with van der Waals surface area (Å²) < 4.78 is 7.38. The largest absolute Gasteiger partial charge is 0.421 e. The lowest BCUT2D eigenvalue weighted by Gasteiger charge is -2.22. The zero-order chi connectivity index (χ0) is 23.3. The minimum absolute atomic E-state index is 0.0423. The quantitative estimate of drug-likeness (QED) is 0.406. The average molecular weight is 447 g/mol. The molecule has 3 atom stereocenters. The zero-order valence-electron chi connectivity index (χ0n) is 18.6. The highest BCUT2D eigenvalue weighted by Crippen LogP contribution is 2.44. The molecule has 1 aliphatic rings. The van der Waals surface area contributed by atoms with Gasteiger partial charge in [0.25, 0.3) is 11.4 Å². The molecule has 0 amide bonds. The van der Waals surface area contributed by atoms with Crippen molar-refractivity contribution in [1.29, 1.82) is 0 Å². The number of rotatable bonds is 6. The highest BCUT2D eigenvalue weighted by atomic mass is 16.4. The van der Waals surface area contributed by atoms with Crippen LogP contribution in [0.1, 0.15) is 42.6 Å². The maximum atomic E-state index is 13.6. The molecular formula is C23H25N7O3. The number of nitrogens with one attached hydrogen (secondary N) is 1. The van der Waals surface area contributed by atoms with Gasteiger partial charge in [0.15, 0.2) is 0 Å². The van der Waals surface area contributed by atoms with Gasteiger partial charge in [0.05, 0.1) is 11.4 Å². The van der Waals surface area contributed by atoms with Gasteiger partial charge in [-0.25, -0.2) is 9.97 Å². The number of fused-ring (bicyclic) bond motifs is 1. The van der Waals surface area contributed by atoms with Crippen molar-refractivity contribution in [2.75, 3.05) is 17.7 Å². The minimum atomic E-state index is -0.320. The highest BCUT2D eigenvalue weighted by molar-refractivity contribution is 5.85. The van der Waals surface area contributed by atoms with Crippen LogP contribution in [0.5, 0.6) is 0 Å². The zero-order valence-corrected chi connectivity index (χ0v) is 18.6. The van der Waals surface area contributed by atoms with Gasteiger partial charge in [-0.15, -0.1) is 10.2 Å². The number of aliphatic hydroxyl groups excluding tert-OH is 1. The van der Waals surface area contributed by atoms with Crippen molar-refractivity contribution >= 4 is 22.4 Å². The average Bonchev–Trinajstić information content (AvgIpc) is 3.44. The molecular weight excluding hydrogens is 422 g/mol. The van der Waals surface area contributed by atoms with E-state index in [-0.39, 0.29) is 41.9 Å². The number of nitrogen functional groups attached to an aromatic ring is 1. The van der Waals surface area contributed by atoms with Crippen LogP contribution in [0, 0.1) is 19.8 Å². The maximum absolute atomic E-state index is 13.6. The monoisotopic (exact) mass is 447 g/mol. The van der Waals surface area contributed by atoms with Crippen molar-refractivity contribution in [1.82, 2.24) is 24.7 Å². The summed E-state index contributed by atoms with van der Waals surface area (Å²) in [5.74, 6) is 1.32. The Bertz CT molecular complexity index is 1410. The smallest absolute Gasteiger partial charge is 0.259 e. The fourth-order valence-electron chi connectivity index (χ4n) is 4.39. The standard InChI is InChI=1S/C23H25N7O3/c1-11-5-4-6-14-7-16(30(23(32)18(11)14)17-8-15(17)9-31)12(2)27-21-19(20(24)25-10-26-21)22-29-28-13(3)33-22/h4-7,10,12,15,17,31H,8-9H2,1-3H3,(H3,24,25,26,27)/t12-,15?,17?/m0/s1. The molecule has 3 heterocycles. The number of aryl methyl sites for hydroxylation is 2. The van der Waals surface area contributed by atoms with Gasteiger partial charge >= 0.3 is 0 Å². The van der Waals surface area contributed by atoms with Crippen LogP contribution in [0.2, 0.25) is 0 Å². The second-order valence-electron chi connectivity index (χ2n) is 8.50. The molecule has 3 aromatic heterocycles. The third kappa shape index (κ3) is 3.62. The third-order valence-corrected chi connectivity index (χ3v) is 6.18. The summed E-state index contributed by atoms with van der Waals surface area (Å²) in [7, 11) is 0. The highest BCUT2D eigenvalue weighted by Gasteiger charge is 2.40. The first-order valence-electron chi connectivity index (χ1n) is 10.8. The Kier molecular flexibility index (Phi) is 5.09. The second-order valence-corrected chi connectivity index (χ2v) is 8.50. The first kappa shape index (κ1) is 21.1. The van der Waals surface area contributed by atoms with E-state index in [9.17, 15) is 9.90 Å². The number of benzene rings is 1. The molecule has 2 unspecified atom stereocenters. The molecule has 33 heavy (non-hydrogen) atoms. The Morgan fingerprint density at radius 3 is 2.82 bits per heavy atom. The number of hydrogen-bond donors (Lipinski definition) is 3. The van der Waals surface area contributed by atoms with Crippen molar-refractivity contribution in [2.24, 2.45) is 5.92 Å². The van der Waals surface area contributed by atoms with Crippen LogP contribution < -0.4 is 16.6 Å². The molecule has 10 heteroatoms. The summed E-state index contributed by atoms with van der Waals surface area (Å²) in [5, 5.41) is 22.5. The number of nitrogens with two attached hydrogens (primary N) is 1. The number of hydrogen-bond acceptors (Lipinski definition) is 9. The van der Waals surface area contributed by atoms with E-state index in [0.717, 1.165) is 23.1 Å². The predicted octanol–water partition coefficient (Wildman–Crippen LogP) is 2.77. The van der Waals surface area contributed by atoms with Crippen LogP contribution in [0.15, 0.2) is 39.8 Å². The van der Waals surface area contributed by atoms with E-state index in [4.69, 9.17) is 10.2 Å². The summed E-state index contributed by atoms with van der Waals surface area (Å²) in [6.45, 7) is 5.63. The van der Waals surface area contributed by atoms with Crippen molar-refractivity contribution in [3.63, 3.8) is 0 Å². The predicted molar refractivity (Wildman–Crippen MR) is 124 cm³/mol. The molecule has 0 radical (unpaired) electrons. The number of anilines is 2. The van der Waals surface area contributed by atoms with Crippen molar-refractivity contribution in [2.45, 2.75) is 39.3 Å². The van der Waals surface area contributed by atoms with E-state index in [0.29, 0.717) is 22.7 Å².